The van der Waals surface area contributed by atoms with Gasteiger partial charge in [-0.15, -0.1) is 0 Å². The lowest BCUT2D eigenvalue weighted by molar-refractivity contribution is -0.144. The lowest BCUT2D eigenvalue weighted by Gasteiger charge is -2.08. The van der Waals surface area contributed by atoms with Gasteiger partial charge in [-0.3, -0.25) is 4.79 Å². The van der Waals surface area contributed by atoms with Crippen molar-refractivity contribution in [1.29, 1.82) is 0 Å². The predicted octanol–water partition coefficient (Wildman–Crippen LogP) is 3.06. The Morgan fingerprint density at radius 1 is 1.17 bits per heavy atom. The zero-order valence-electron chi connectivity index (χ0n) is 13.2. The molecule has 0 unspecified atom stereocenters. The summed E-state index contributed by atoms with van der Waals surface area (Å²) in [5.74, 6) is -0.468. The Bertz CT molecular complexity index is 804. The highest BCUT2D eigenvalue weighted by Crippen LogP contribution is 2.15. The van der Waals surface area contributed by atoms with Crippen molar-refractivity contribution in [2.45, 2.75) is 24.8 Å². The van der Waals surface area contributed by atoms with Crippen LogP contribution in [0.2, 0.25) is 5.02 Å². The van der Waals surface area contributed by atoms with Gasteiger partial charge in [-0.1, -0.05) is 47.5 Å². The van der Waals surface area contributed by atoms with Crippen LogP contribution in [0, 0.1) is 6.92 Å². The van der Waals surface area contributed by atoms with Gasteiger partial charge in [0.25, 0.3) is 0 Å². The van der Waals surface area contributed by atoms with E-state index in [1.807, 2.05) is 31.2 Å². The number of hydrogen-bond donors (Lipinski definition) is 1. The smallest absolute Gasteiger partial charge is 0.307 e. The molecule has 0 radical (unpaired) electrons. The van der Waals surface area contributed by atoms with Gasteiger partial charge < -0.3 is 4.74 Å². The summed E-state index contributed by atoms with van der Waals surface area (Å²) in [6.45, 7) is 2.10. The second-order valence-corrected chi connectivity index (χ2v) is 7.45. The monoisotopic (exact) mass is 367 g/mol. The molecule has 5 nitrogen and oxygen atoms in total. The van der Waals surface area contributed by atoms with E-state index in [-0.39, 0.29) is 24.5 Å². The second-order valence-electron chi connectivity index (χ2n) is 5.25. The molecule has 0 spiro atoms. The van der Waals surface area contributed by atoms with Crippen molar-refractivity contribution in [2.24, 2.45) is 0 Å². The van der Waals surface area contributed by atoms with Crippen LogP contribution in [0.25, 0.3) is 0 Å². The normalized spacial score (nSPS) is 11.2. The number of carbonyl (C=O) groups excluding carboxylic acids is 1. The van der Waals surface area contributed by atoms with Crippen LogP contribution in [0.15, 0.2) is 53.4 Å². The van der Waals surface area contributed by atoms with Crippen molar-refractivity contribution in [3.8, 4) is 0 Å². The summed E-state index contributed by atoms with van der Waals surface area (Å²) in [5, 5.41) is 0.329. The van der Waals surface area contributed by atoms with Crippen LogP contribution in [0.4, 0.5) is 0 Å². The van der Waals surface area contributed by atoms with Crippen LogP contribution in [0.5, 0.6) is 0 Å². The summed E-state index contributed by atoms with van der Waals surface area (Å²) in [7, 11) is -3.69. The van der Waals surface area contributed by atoms with E-state index in [4.69, 9.17) is 16.3 Å². The second kappa shape index (κ2) is 8.28. The molecule has 7 heteroatoms. The minimum Gasteiger partial charge on any atom is -0.461 e. The first kappa shape index (κ1) is 18.4. The lowest BCUT2D eigenvalue weighted by atomic mass is 10.2. The first-order chi connectivity index (χ1) is 11.4. The summed E-state index contributed by atoms with van der Waals surface area (Å²) in [5.41, 5.74) is 2.01. The van der Waals surface area contributed by atoms with Gasteiger partial charge in [0.1, 0.15) is 6.61 Å². The number of aryl methyl sites for hydroxylation is 1. The van der Waals surface area contributed by atoms with E-state index in [0.29, 0.717) is 5.02 Å². The minimum absolute atomic E-state index is 0.0401. The van der Waals surface area contributed by atoms with Crippen molar-refractivity contribution in [1.82, 2.24) is 4.72 Å². The van der Waals surface area contributed by atoms with E-state index in [2.05, 4.69) is 4.72 Å². The van der Waals surface area contributed by atoms with Crippen LogP contribution < -0.4 is 4.72 Å². The average molecular weight is 368 g/mol. The molecule has 0 saturated carbocycles. The Balaban J connectivity index is 1.78. The molecule has 0 bridgehead atoms. The lowest BCUT2D eigenvalue weighted by Crippen LogP contribution is -2.26. The van der Waals surface area contributed by atoms with Crippen LogP contribution in [-0.2, 0) is 26.2 Å². The maximum Gasteiger partial charge on any atom is 0.307 e. The molecular weight excluding hydrogens is 350 g/mol. The van der Waals surface area contributed by atoms with Gasteiger partial charge in [0.05, 0.1) is 11.3 Å². The number of esters is 1. The fourth-order valence-corrected chi connectivity index (χ4v) is 3.26. The topological polar surface area (TPSA) is 72.5 Å². The van der Waals surface area contributed by atoms with Crippen LogP contribution in [0.1, 0.15) is 17.5 Å². The fourth-order valence-electron chi connectivity index (χ4n) is 1.93. The molecule has 0 amide bonds. The largest absolute Gasteiger partial charge is 0.461 e. The Morgan fingerprint density at radius 2 is 1.88 bits per heavy atom. The molecule has 24 heavy (non-hydrogen) atoms. The summed E-state index contributed by atoms with van der Waals surface area (Å²) in [6, 6.07) is 13.5. The van der Waals surface area contributed by atoms with Gasteiger partial charge in [-0.25, -0.2) is 13.1 Å². The number of ether oxygens (including phenoxy) is 1. The van der Waals surface area contributed by atoms with E-state index in [0.717, 1.165) is 11.1 Å². The Kier molecular flexibility index (Phi) is 6.36. The standard InChI is InChI=1S/C17H18ClNO4S/c1-13-5-7-14(8-6-13)12-23-17(20)9-10-19-24(21,22)16-4-2-3-15(18)11-16/h2-8,11,19H,9-10,12H2,1H3. The van der Waals surface area contributed by atoms with Crippen molar-refractivity contribution in [3.05, 3.63) is 64.7 Å². The van der Waals surface area contributed by atoms with Gasteiger partial charge >= 0.3 is 5.97 Å². The molecule has 2 rings (SSSR count). The maximum absolute atomic E-state index is 12.1. The molecule has 0 aromatic heterocycles. The molecule has 0 fully saturated rings. The average Bonchev–Trinajstić information content (AvgIpc) is 2.54. The van der Waals surface area contributed by atoms with Gasteiger partial charge in [0.15, 0.2) is 0 Å². The predicted molar refractivity (Wildman–Crippen MR) is 92.2 cm³/mol. The molecular formula is C17H18ClNO4S. The molecule has 2 aromatic rings. The van der Waals surface area contributed by atoms with E-state index in [1.165, 1.54) is 12.1 Å². The van der Waals surface area contributed by atoms with Crippen molar-refractivity contribution in [3.63, 3.8) is 0 Å². The third-order valence-electron chi connectivity index (χ3n) is 3.25. The first-order valence-corrected chi connectivity index (χ1v) is 9.19. The highest BCUT2D eigenvalue weighted by atomic mass is 35.5. The highest BCUT2D eigenvalue weighted by molar-refractivity contribution is 7.89. The SMILES string of the molecule is Cc1ccc(COC(=O)CCNS(=O)(=O)c2cccc(Cl)c2)cc1. The van der Waals surface area contributed by atoms with Gasteiger partial charge in [0.2, 0.25) is 10.0 Å². The third-order valence-corrected chi connectivity index (χ3v) is 4.94. The number of rotatable bonds is 7. The highest BCUT2D eigenvalue weighted by Gasteiger charge is 2.14. The number of sulfonamides is 1. The molecule has 0 aliphatic carbocycles. The Hall–Kier alpha value is -1.89. The quantitative estimate of drug-likeness (QED) is 0.763. The van der Waals surface area contributed by atoms with E-state index in [1.54, 1.807) is 12.1 Å². The first-order valence-electron chi connectivity index (χ1n) is 7.33. The summed E-state index contributed by atoms with van der Waals surface area (Å²) >= 11 is 5.78. The number of nitrogens with one attached hydrogen (secondary N) is 1. The number of benzene rings is 2. The van der Waals surface area contributed by atoms with Gasteiger partial charge in [-0.05, 0) is 30.7 Å². The van der Waals surface area contributed by atoms with Crippen LogP contribution in [0.3, 0.4) is 0 Å². The van der Waals surface area contributed by atoms with E-state index < -0.39 is 16.0 Å². The van der Waals surface area contributed by atoms with Crippen molar-refractivity contribution in [2.75, 3.05) is 6.54 Å². The molecule has 2 aromatic carbocycles. The number of halogens is 1. The van der Waals surface area contributed by atoms with Crippen molar-refractivity contribution < 1.29 is 17.9 Å². The summed E-state index contributed by atoms with van der Waals surface area (Å²) < 4.78 is 31.6. The van der Waals surface area contributed by atoms with E-state index >= 15 is 0 Å². The molecule has 0 heterocycles. The van der Waals surface area contributed by atoms with Crippen LogP contribution in [-0.4, -0.2) is 20.9 Å². The van der Waals surface area contributed by atoms with Gasteiger partial charge in [-0.2, -0.15) is 0 Å². The molecule has 0 atom stereocenters. The number of carbonyl (C=O) groups is 1. The molecule has 0 aliphatic heterocycles. The fraction of sp³-hybridized carbons (Fsp3) is 0.235. The maximum atomic E-state index is 12.1. The zero-order valence-corrected chi connectivity index (χ0v) is 14.7. The molecule has 128 valence electrons. The molecule has 0 aliphatic rings. The number of hydrogen-bond acceptors (Lipinski definition) is 4. The third kappa shape index (κ3) is 5.63. The Labute approximate surface area is 146 Å². The molecule has 1 N–H and O–H groups in total. The van der Waals surface area contributed by atoms with Crippen LogP contribution >= 0.6 is 11.6 Å². The van der Waals surface area contributed by atoms with Gasteiger partial charge in [0, 0.05) is 11.6 Å². The summed E-state index contributed by atoms with van der Waals surface area (Å²) in [4.78, 5) is 11.7. The zero-order chi connectivity index (χ0) is 17.6. The molecule has 0 saturated heterocycles. The summed E-state index contributed by atoms with van der Waals surface area (Å²) in [6.07, 6.45) is -0.0499. The van der Waals surface area contributed by atoms with E-state index in [9.17, 15) is 13.2 Å². The Morgan fingerprint density at radius 3 is 2.54 bits per heavy atom. The van der Waals surface area contributed by atoms with Crippen molar-refractivity contribution >= 4 is 27.6 Å². The minimum atomic E-state index is -3.69.